The van der Waals surface area contributed by atoms with E-state index < -0.39 is 9.04 Å². The standard InChI is InChI=1S/C12H24O2Si/c1-5-7-9-11(3)12(13)14-15(4)10-8-6-2/h9,15H,5-8,10H2,1-4H3. The van der Waals surface area contributed by atoms with E-state index in [9.17, 15) is 4.79 Å². The SMILES string of the molecule is CCCC=C(C)C(=O)O[SiH](C)CCCC. The van der Waals surface area contributed by atoms with E-state index >= 15 is 0 Å². The zero-order chi connectivity index (χ0) is 11.7. The Labute approximate surface area is 95.4 Å². The maximum absolute atomic E-state index is 11.6. The number of unbranched alkanes of at least 4 members (excludes halogenated alkanes) is 2. The van der Waals surface area contributed by atoms with Crippen LogP contribution in [0.4, 0.5) is 0 Å². The van der Waals surface area contributed by atoms with E-state index in [1.807, 2.05) is 13.0 Å². The molecule has 0 aromatic carbocycles. The predicted molar refractivity (Wildman–Crippen MR) is 67.5 cm³/mol. The van der Waals surface area contributed by atoms with Crippen molar-refractivity contribution in [1.29, 1.82) is 0 Å². The molecule has 0 aliphatic carbocycles. The first-order chi connectivity index (χ1) is 7.11. The van der Waals surface area contributed by atoms with E-state index in [1.54, 1.807) is 0 Å². The van der Waals surface area contributed by atoms with Gasteiger partial charge in [-0.2, -0.15) is 0 Å². The third-order valence-electron chi connectivity index (χ3n) is 2.33. The van der Waals surface area contributed by atoms with Crippen LogP contribution in [0.2, 0.25) is 12.6 Å². The van der Waals surface area contributed by atoms with Gasteiger partial charge in [-0.25, -0.2) is 4.79 Å². The molecule has 0 aromatic heterocycles. The predicted octanol–water partition coefficient (Wildman–Crippen LogP) is 3.43. The fourth-order valence-electron chi connectivity index (χ4n) is 1.27. The molecule has 0 spiro atoms. The Morgan fingerprint density at radius 1 is 1.33 bits per heavy atom. The third kappa shape index (κ3) is 7.37. The molecule has 3 heteroatoms. The molecule has 0 rings (SSSR count). The van der Waals surface area contributed by atoms with Crippen LogP contribution in [0.3, 0.4) is 0 Å². The molecular weight excluding hydrogens is 204 g/mol. The molecule has 0 saturated carbocycles. The van der Waals surface area contributed by atoms with Gasteiger partial charge in [0.2, 0.25) is 9.04 Å². The van der Waals surface area contributed by atoms with Crippen LogP contribution in [0.1, 0.15) is 46.5 Å². The van der Waals surface area contributed by atoms with Crippen LogP contribution in [0.15, 0.2) is 11.6 Å². The summed E-state index contributed by atoms with van der Waals surface area (Å²) in [4.78, 5) is 11.6. The zero-order valence-electron chi connectivity index (χ0n) is 10.5. The van der Waals surface area contributed by atoms with Crippen LogP contribution >= 0.6 is 0 Å². The average Bonchev–Trinajstić information content (AvgIpc) is 2.22. The monoisotopic (exact) mass is 228 g/mol. The van der Waals surface area contributed by atoms with Crippen LogP contribution < -0.4 is 0 Å². The molecule has 0 bridgehead atoms. The maximum Gasteiger partial charge on any atom is 0.319 e. The molecule has 0 aliphatic rings. The van der Waals surface area contributed by atoms with Crippen molar-refractivity contribution in [1.82, 2.24) is 0 Å². The molecule has 1 unspecified atom stereocenters. The van der Waals surface area contributed by atoms with Crippen molar-refractivity contribution in [3.05, 3.63) is 11.6 Å². The number of carbonyl (C=O) groups is 1. The largest absolute Gasteiger partial charge is 0.519 e. The van der Waals surface area contributed by atoms with Crippen molar-refractivity contribution >= 4 is 15.0 Å². The van der Waals surface area contributed by atoms with Gasteiger partial charge in [-0.05, 0) is 25.9 Å². The fourth-order valence-corrected chi connectivity index (χ4v) is 2.92. The van der Waals surface area contributed by atoms with E-state index in [2.05, 4.69) is 20.4 Å². The minimum atomic E-state index is -1.26. The highest BCUT2D eigenvalue weighted by atomic mass is 28.3. The summed E-state index contributed by atoms with van der Waals surface area (Å²) in [6, 6.07) is 1.10. The van der Waals surface area contributed by atoms with Crippen LogP contribution in [-0.4, -0.2) is 15.0 Å². The summed E-state index contributed by atoms with van der Waals surface area (Å²) >= 11 is 0. The van der Waals surface area contributed by atoms with Gasteiger partial charge in [-0.15, -0.1) is 0 Å². The molecule has 1 atom stereocenters. The molecule has 0 aliphatic heterocycles. The second kappa shape index (κ2) is 8.71. The quantitative estimate of drug-likeness (QED) is 0.493. The molecule has 0 heterocycles. The molecule has 15 heavy (non-hydrogen) atoms. The smallest absolute Gasteiger partial charge is 0.319 e. The maximum atomic E-state index is 11.6. The Hall–Kier alpha value is -0.573. The Balaban J connectivity index is 3.90. The first-order valence-electron chi connectivity index (χ1n) is 5.99. The summed E-state index contributed by atoms with van der Waals surface area (Å²) < 4.78 is 5.44. The topological polar surface area (TPSA) is 26.3 Å². The van der Waals surface area contributed by atoms with E-state index in [4.69, 9.17) is 4.43 Å². The van der Waals surface area contributed by atoms with Crippen LogP contribution in [-0.2, 0) is 9.22 Å². The van der Waals surface area contributed by atoms with Crippen molar-refractivity contribution in [2.24, 2.45) is 0 Å². The lowest BCUT2D eigenvalue weighted by molar-refractivity contribution is -0.130. The molecule has 0 saturated heterocycles. The number of rotatable bonds is 7. The van der Waals surface area contributed by atoms with Crippen molar-refractivity contribution in [3.63, 3.8) is 0 Å². The Kier molecular flexibility index (Phi) is 8.38. The molecule has 0 amide bonds. The van der Waals surface area contributed by atoms with Gasteiger partial charge in [0.1, 0.15) is 0 Å². The number of hydrogen-bond donors (Lipinski definition) is 0. The van der Waals surface area contributed by atoms with E-state index in [0.29, 0.717) is 0 Å². The molecule has 88 valence electrons. The lowest BCUT2D eigenvalue weighted by Crippen LogP contribution is -2.19. The number of carbonyl (C=O) groups excluding carboxylic acids is 1. The molecule has 0 aromatic rings. The first kappa shape index (κ1) is 14.4. The van der Waals surface area contributed by atoms with E-state index in [-0.39, 0.29) is 5.97 Å². The average molecular weight is 228 g/mol. The van der Waals surface area contributed by atoms with Gasteiger partial charge < -0.3 is 4.43 Å². The Morgan fingerprint density at radius 3 is 2.53 bits per heavy atom. The summed E-state index contributed by atoms with van der Waals surface area (Å²) in [6.07, 6.45) is 6.38. The van der Waals surface area contributed by atoms with Gasteiger partial charge in [0.05, 0.1) is 0 Å². The summed E-state index contributed by atoms with van der Waals surface area (Å²) in [6.45, 7) is 8.21. The van der Waals surface area contributed by atoms with Crippen LogP contribution in [0, 0.1) is 0 Å². The Morgan fingerprint density at radius 2 is 2.00 bits per heavy atom. The van der Waals surface area contributed by atoms with Crippen LogP contribution in [0.5, 0.6) is 0 Å². The van der Waals surface area contributed by atoms with Gasteiger partial charge in [0, 0.05) is 5.57 Å². The van der Waals surface area contributed by atoms with Gasteiger partial charge in [-0.1, -0.05) is 39.2 Å². The van der Waals surface area contributed by atoms with E-state index in [0.717, 1.165) is 24.5 Å². The first-order valence-corrected chi connectivity index (χ1v) is 8.43. The summed E-state index contributed by atoms with van der Waals surface area (Å²) in [7, 11) is -1.26. The number of hydrogen-bond acceptors (Lipinski definition) is 2. The summed E-state index contributed by atoms with van der Waals surface area (Å²) in [5.74, 6) is -0.0984. The molecule has 0 fully saturated rings. The van der Waals surface area contributed by atoms with Crippen molar-refractivity contribution in [2.45, 2.75) is 59.0 Å². The second-order valence-electron chi connectivity index (χ2n) is 4.03. The fraction of sp³-hybridized carbons (Fsp3) is 0.750. The summed E-state index contributed by atoms with van der Waals surface area (Å²) in [5.41, 5.74) is 0.771. The second-order valence-corrected chi connectivity index (χ2v) is 6.47. The molecule has 0 N–H and O–H groups in total. The lowest BCUT2D eigenvalue weighted by Gasteiger charge is -2.11. The number of allylic oxidation sites excluding steroid dienone is 1. The van der Waals surface area contributed by atoms with Gasteiger partial charge in [-0.3, -0.25) is 0 Å². The molecular formula is C12H24O2Si. The Bertz CT molecular complexity index is 212. The summed E-state index contributed by atoms with van der Waals surface area (Å²) in [5, 5.41) is 0. The highest BCUT2D eigenvalue weighted by molar-refractivity contribution is 6.52. The van der Waals surface area contributed by atoms with Crippen molar-refractivity contribution in [3.8, 4) is 0 Å². The van der Waals surface area contributed by atoms with Gasteiger partial charge in [0.15, 0.2) is 0 Å². The molecule has 2 nitrogen and oxygen atoms in total. The van der Waals surface area contributed by atoms with Gasteiger partial charge >= 0.3 is 5.97 Å². The highest BCUT2D eigenvalue weighted by Gasteiger charge is 2.11. The van der Waals surface area contributed by atoms with Crippen LogP contribution in [0.25, 0.3) is 0 Å². The highest BCUT2D eigenvalue weighted by Crippen LogP contribution is 2.06. The zero-order valence-corrected chi connectivity index (χ0v) is 11.7. The third-order valence-corrected chi connectivity index (χ3v) is 4.17. The molecule has 0 radical (unpaired) electrons. The normalized spacial score (nSPS) is 13.7. The minimum Gasteiger partial charge on any atom is -0.519 e. The van der Waals surface area contributed by atoms with Crippen molar-refractivity contribution in [2.75, 3.05) is 0 Å². The van der Waals surface area contributed by atoms with Crippen molar-refractivity contribution < 1.29 is 9.22 Å². The van der Waals surface area contributed by atoms with Gasteiger partial charge in [0.25, 0.3) is 0 Å². The lowest BCUT2D eigenvalue weighted by atomic mass is 10.2. The van der Waals surface area contributed by atoms with E-state index in [1.165, 1.54) is 12.8 Å². The minimum absolute atomic E-state index is 0.0984.